The molecule has 1 aliphatic rings. The molecule has 0 fully saturated rings. The quantitative estimate of drug-likeness (QED) is 0.658. The molecule has 0 radical (unpaired) electrons. The van der Waals surface area contributed by atoms with Crippen LogP contribution in [0.2, 0.25) is 0 Å². The molecule has 0 aliphatic carbocycles. The lowest BCUT2D eigenvalue weighted by molar-refractivity contribution is -0.137. The van der Waals surface area contributed by atoms with E-state index >= 15 is 0 Å². The molecule has 10 heteroatoms. The predicted octanol–water partition coefficient (Wildman–Crippen LogP) is 4.58. The number of hydrogen-bond acceptors (Lipinski definition) is 5. The Bertz CT molecular complexity index is 1140. The summed E-state index contributed by atoms with van der Waals surface area (Å²) in [5, 5.41) is 12.7. The number of nitrogens with one attached hydrogen (secondary N) is 1. The molecule has 1 aliphatic heterocycles. The van der Waals surface area contributed by atoms with E-state index in [4.69, 9.17) is 5.41 Å². The summed E-state index contributed by atoms with van der Waals surface area (Å²) < 4.78 is 41.0. The molecule has 144 valence electrons. The topological polar surface area (TPSA) is 62.0 Å². The van der Waals surface area contributed by atoms with Crippen molar-refractivity contribution < 1.29 is 18.0 Å². The minimum absolute atomic E-state index is 0.106. The highest BCUT2D eigenvalue weighted by Gasteiger charge is 2.35. The maximum Gasteiger partial charge on any atom is 0.416 e. The van der Waals surface area contributed by atoms with Crippen molar-refractivity contribution in [3.8, 4) is 0 Å². The summed E-state index contributed by atoms with van der Waals surface area (Å²) in [5.74, 6) is -0.461. The second-order valence-corrected chi connectivity index (χ2v) is 8.33. The molecule has 1 N–H and O–H groups in total. The van der Waals surface area contributed by atoms with Crippen LogP contribution in [0.3, 0.4) is 0 Å². The number of nitrogens with zero attached hydrogens (tertiary/aromatic N) is 3. The molecule has 0 saturated carbocycles. The summed E-state index contributed by atoms with van der Waals surface area (Å²) in [6.45, 7) is 1.49. The van der Waals surface area contributed by atoms with Gasteiger partial charge < -0.3 is 0 Å². The van der Waals surface area contributed by atoms with Gasteiger partial charge in [0.2, 0.25) is 4.80 Å². The Hall–Kier alpha value is -2.59. The summed E-state index contributed by atoms with van der Waals surface area (Å²) in [6, 6.07) is 10.4. The first-order valence-electron chi connectivity index (χ1n) is 8.14. The summed E-state index contributed by atoms with van der Waals surface area (Å²) in [4.78, 5) is 15.8. The van der Waals surface area contributed by atoms with E-state index in [-0.39, 0.29) is 17.0 Å². The van der Waals surface area contributed by atoms with Crippen LogP contribution in [0.25, 0.3) is 0 Å². The number of fused-ring (bicyclic) bond motifs is 2. The Morgan fingerprint density at radius 1 is 1.14 bits per heavy atom. The van der Waals surface area contributed by atoms with Crippen LogP contribution in [0, 0.1) is 12.3 Å². The zero-order valence-corrected chi connectivity index (χ0v) is 16.1. The molecular weight excluding hydrogens is 409 g/mol. The zero-order valence-electron chi connectivity index (χ0n) is 14.4. The number of alkyl halides is 3. The molecule has 0 saturated heterocycles. The van der Waals surface area contributed by atoms with Gasteiger partial charge in [0.15, 0.2) is 0 Å². The molecule has 4 rings (SSSR count). The Balaban J connectivity index is 1.82. The number of anilines is 2. The van der Waals surface area contributed by atoms with Crippen molar-refractivity contribution in [1.82, 2.24) is 9.78 Å². The monoisotopic (exact) mass is 422 g/mol. The highest BCUT2D eigenvalue weighted by atomic mass is 32.2. The molecule has 2 aromatic carbocycles. The number of amides is 1. The van der Waals surface area contributed by atoms with Crippen LogP contribution in [0.15, 0.2) is 52.3 Å². The number of carbonyl (C=O) groups excluding carboxylic acids is 1. The molecule has 0 spiro atoms. The van der Waals surface area contributed by atoms with Crippen LogP contribution in [0.1, 0.15) is 10.6 Å². The third kappa shape index (κ3) is 3.33. The van der Waals surface area contributed by atoms with Gasteiger partial charge in [-0.1, -0.05) is 35.2 Å². The van der Waals surface area contributed by atoms with Gasteiger partial charge in [-0.25, -0.2) is 4.68 Å². The van der Waals surface area contributed by atoms with Crippen molar-refractivity contribution in [2.45, 2.75) is 29.4 Å². The maximum atomic E-state index is 13.2. The maximum absolute atomic E-state index is 13.2. The SMILES string of the molecule is Cc1nn(CC(=O)N2c3ccccc3Sc3ccc(C(F)(F)F)cc32)c(=N)s1. The van der Waals surface area contributed by atoms with Crippen molar-refractivity contribution >= 4 is 40.4 Å². The van der Waals surface area contributed by atoms with Crippen molar-refractivity contribution in [3.05, 3.63) is 57.8 Å². The predicted molar refractivity (Wildman–Crippen MR) is 99.9 cm³/mol. The van der Waals surface area contributed by atoms with Gasteiger partial charge in [-0.3, -0.25) is 15.1 Å². The Kier molecular flexibility index (Phi) is 4.54. The van der Waals surface area contributed by atoms with Crippen molar-refractivity contribution in [2.24, 2.45) is 0 Å². The second kappa shape index (κ2) is 6.78. The Morgan fingerprint density at radius 3 is 2.54 bits per heavy atom. The smallest absolute Gasteiger partial charge is 0.277 e. The lowest BCUT2D eigenvalue weighted by atomic mass is 10.1. The van der Waals surface area contributed by atoms with Gasteiger partial charge in [0.25, 0.3) is 5.91 Å². The number of aromatic nitrogens is 2. The molecule has 0 unspecified atom stereocenters. The lowest BCUT2D eigenvalue weighted by Gasteiger charge is -2.31. The van der Waals surface area contributed by atoms with Crippen LogP contribution in [0.5, 0.6) is 0 Å². The van der Waals surface area contributed by atoms with Gasteiger partial charge in [-0.15, -0.1) is 0 Å². The van der Waals surface area contributed by atoms with Crippen molar-refractivity contribution in [1.29, 1.82) is 5.41 Å². The molecule has 0 bridgehead atoms. The fraction of sp³-hybridized carbons (Fsp3) is 0.167. The summed E-state index contributed by atoms with van der Waals surface area (Å²) in [5.41, 5.74) is -0.117. The largest absolute Gasteiger partial charge is 0.416 e. The lowest BCUT2D eigenvalue weighted by Crippen LogP contribution is -2.34. The molecule has 2 heterocycles. The van der Waals surface area contributed by atoms with Gasteiger partial charge >= 0.3 is 6.18 Å². The number of halogens is 3. The number of benzene rings is 2. The average molecular weight is 422 g/mol. The second-order valence-electron chi connectivity index (χ2n) is 6.06. The first kappa shape index (κ1) is 18.8. The van der Waals surface area contributed by atoms with E-state index in [1.807, 2.05) is 12.1 Å². The van der Waals surface area contributed by atoms with Crippen molar-refractivity contribution in [2.75, 3.05) is 4.90 Å². The number of rotatable bonds is 2. The van der Waals surface area contributed by atoms with Crippen LogP contribution < -0.4 is 9.70 Å². The van der Waals surface area contributed by atoms with E-state index in [2.05, 4.69) is 5.10 Å². The zero-order chi connectivity index (χ0) is 20.1. The first-order chi connectivity index (χ1) is 13.2. The summed E-state index contributed by atoms with van der Waals surface area (Å²) >= 11 is 2.45. The van der Waals surface area contributed by atoms with E-state index < -0.39 is 17.6 Å². The van der Waals surface area contributed by atoms with Gasteiger partial charge in [0.1, 0.15) is 11.6 Å². The standard InChI is InChI=1S/C18H13F3N4OS2/c1-10-23-24(17(22)27-10)9-16(26)25-12-4-2-3-5-14(12)28-15-7-6-11(8-13(15)25)18(19,20)21/h2-8,22H,9H2,1H3. The summed E-state index contributed by atoms with van der Waals surface area (Å²) in [7, 11) is 0. The fourth-order valence-electron chi connectivity index (χ4n) is 2.93. The first-order valence-corrected chi connectivity index (χ1v) is 9.77. The minimum Gasteiger partial charge on any atom is -0.277 e. The highest BCUT2D eigenvalue weighted by Crippen LogP contribution is 2.49. The van der Waals surface area contributed by atoms with Gasteiger partial charge in [-0.2, -0.15) is 18.3 Å². The van der Waals surface area contributed by atoms with E-state index in [1.54, 1.807) is 19.1 Å². The Morgan fingerprint density at radius 2 is 1.86 bits per heavy atom. The number of aryl methyl sites for hydroxylation is 1. The van der Waals surface area contributed by atoms with E-state index in [1.165, 1.54) is 27.4 Å². The molecular formula is C18H13F3N4OS2. The van der Waals surface area contributed by atoms with Crippen LogP contribution in [-0.4, -0.2) is 15.7 Å². The highest BCUT2D eigenvalue weighted by molar-refractivity contribution is 7.99. The molecule has 1 aromatic heterocycles. The average Bonchev–Trinajstić information content (AvgIpc) is 2.95. The normalized spacial score (nSPS) is 13.2. The van der Waals surface area contributed by atoms with Crippen LogP contribution >= 0.6 is 23.1 Å². The van der Waals surface area contributed by atoms with Crippen molar-refractivity contribution in [3.63, 3.8) is 0 Å². The van der Waals surface area contributed by atoms with Crippen LogP contribution in [-0.2, 0) is 17.5 Å². The van der Waals surface area contributed by atoms with E-state index in [0.717, 1.165) is 28.4 Å². The minimum atomic E-state index is -4.51. The fourth-order valence-corrected chi connectivity index (χ4v) is 4.60. The van der Waals surface area contributed by atoms with E-state index in [9.17, 15) is 18.0 Å². The van der Waals surface area contributed by atoms with Gasteiger partial charge in [0.05, 0.1) is 16.9 Å². The molecule has 3 aromatic rings. The van der Waals surface area contributed by atoms with E-state index in [0.29, 0.717) is 15.6 Å². The van der Waals surface area contributed by atoms with Gasteiger partial charge in [0, 0.05) is 9.79 Å². The third-order valence-corrected chi connectivity index (χ3v) is 6.04. The molecule has 0 atom stereocenters. The number of carbonyl (C=O) groups is 1. The molecule has 5 nitrogen and oxygen atoms in total. The Labute approximate surface area is 165 Å². The van der Waals surface area contributed by atoms with Gasteiger partial charge in [-0.05, 0) is 37.3 Å². The molecule has 1 amide bonds. The molecule has 28 heavy (non-hydrogen) atoms. The number of hydrogen-bond donors (Lipinski definition) is 1. The summed E-state index contributed by atoms with van der Waals surface area (Å²) in [6.07, 6.45) is -4.51. The number of para-hydroxylation sites is 1. The van der Waals surface area contributed by atoms with Crippen LogP contribution in [0.4, 0.5) is 24.5 Å². The third-order valence-electron chi connectivity index (χ3n) is 4.13.